The first-order chi connectivity index (χ1) is 14.0. The molecule has 29 heavy (non-hydrogen) atoms. The van der Waals surface area contributed by atoms with Crippen molar-refractivity contribution in [3.63, 3.8) is 0 Å². The Bertz CT molecular complexity index is 1460. The van der Waals surface area contributed by atoms with Crippen molar-refractivity contribution in [1.29, 1.82) is 0 Å². The highest BCUT2D eigenvalue weighted by atomic mass is 19.2. The summed E-state index contributed by atoms with van der Waals surface area (Å²) in [5, 5.41) is 5.73. The topological polar surface area (TPSA) is 0 Å². The molecule has 0 atom stereocenters. The largest absolute Gasteiger partial charge is 0.202 e. The van der Waals surface area contributed by atoms with Crippen molar-refractivity contribution in [3.05, 3.63) is 94.8 Å². The van der Waals surface area contributed by atoms with Crippen LogP contribution in [0.3, 0.4) is 0 Å². The van der Waals surface area contributed by atoms with Gasteiger partial charge < -0.3 is 0 Å². The molecule has 140 valence electrons. The molecule has 5 aromatic carbocycles. The predicted molar refractivity (Wildman–Crippen MR) is 102 cm³/mol. The first kappa shape index (κ1) is 17.4. The zero-order valence-electron chi connectivity index (χ0n) is 14.6. The van der Waals surface area contributed by atoms with Gasteiger partial charge in [0.05, 0.1) is 0 Å². The predicted octanol–water partition coefficient (Wildman–Crippen LogP) is 6.68. The lowest BCUT2D eigenvalue weighted by atomic mass is 9.92. The molecule has 0 amide bonds. The van der Waals surface area contributed by atoms with Gasteiger partial charge in [-0.05, 0) is 38.4 Å². The summed E-state index contributed by atoms with van der Waals surface area (Å²) >= 11 is 0. The van der Waals surface area contributed by atoms with Crippen LogP contribution >= 0.6 is 0 Å². The third-order valence-electron chi connectivity index (χ3n) is 5.06. The summed E-state index contributed by atoms with van der Waals surface area (Å²) in [4.78, 5) is 0. The lowest BCUT2D eigenvalue weighted by Crippen LogP contribution is -2.04. The lowest BCUT2D eigenvalue weighted by Gasteiger charge is -2.11. The molecule has 0 aliphatic carbocycles. The van der Waals surface area contributed by atoms with Gasteiger partial charge in [-0.25, -0.2) is 22.0 Å². The number of benzene rings is 5. The minimum Gasteiger partial charge on any atom is -0.202 e. The third kappa shape index (κ3) is 2.46. The number of hydrogen-bond acceptors (Lipinski definition) is 0. The van der Waals surface area contributed by atoms with E-state index in [1.54, 1.807) is 6.07 Å². The standard InChI is InChI=1S/C24H9F5/c25-20-17(21(26)23(28)24(29)22(20)27)11-8-12-4-5-15-7-6-13-2-1-3-14-9-10-16(12)19(15)18(13)14/h1-7,9-10H. The van der Waals surface area contributed by atoms with Crippen LogP contribution in [-0.4, -0.2) is 0 Å². The van der Waals surface area contributed by atoms with Crippen molar-refractivity contribution in [3.8, 4) is 11.8 Å². The summed E-state index contributed by atoms with van der Waals surface area (Å²) in [6.45, 7) is 0. The van der Waals surface area contributed by atoms with Gasteiger partial charge in [0.25, 0.3) is 0 Å². The van der Waals surface area contributed by atoms with E-state index in [0.717, 1.165) is 32.3 Å². The first-order valence-electron chi connectivity index (χ1n) is 8.67. The third-order valence-corrected chi connectivity index (χ3v) is 5.06. The minimum atomic E-state index is -2.20. The van der Waals surface area contributed by atoms with Crippen molar-refractivity contribution in [2.75, 3.05) is 0 Å². The number of halogens is 5. The second-order valence-electron chi connectivity index (χ2n) is 6.66. The van der Waals surface area contributed by atoms with E-state index in [2.05, 4.69) is 11.8 Å². The molecule has 0 saturated heterocycles. The van der Waals surface area contributed by atoms with Gasteiger partial charge >= 0.3 is 0 Å². The van der Waals surface area contributed by atoms with Gasteiger partial charge in [0.15, 0.2) is 23.3 Å². The van der Waals surface area contributed by atoms with Crippen LogP contribution in [0.4, 0.5) is 22.0 Å². The smallest absolute Gasteiger partial charge is 0.200 e. The summed E-state index contributed by atoms with van der Waals surface area (Å²) in [6.07, 6.45) is 0. The summed E-state index contributed by atoms with van der Waals surface area (Å²) in [6, 6.07) is 17.1. The molecule has 0 saturated carbocycles. The van der Waals surface area contributed by atoms with Crippen LogP contribution in [0.15, 0.2) is 54.6 Å². The zero-order valence-corrected chi connectivity index (χ0v) is 14.6. The van der Waals surface area contributed by atoms with Gasteiger partial charge in [0.1, 0.15) is 5.56 Å². The highest BCUT2D eigenvalue weighted by Crippen LogP contribution is 2.35. The summed E-state index contributed by atoms with van der Waals surface area (Å²) < 4.78 is 67.9. The van der Waals surface area contributed by atoms with Crippen LogP contribution in [0.25, 0.3) is 32.3 Å². The highest BCUT2D eigenvalue weighted by Gasteiger charge is 2.24. The second-order valence-corrected chi connectivity index (χ2v) is 6.66. The highest BCUT2D eigenvalue weighted by molar-refractivity contribution is 6.23. The molecule has 0 N–H and O–H groups in total. The molecule has 5 rings (SSSR count). The average Bonchev–Trinajstić information content (AvgIpc) is 2.75. The van der Waals surface area contributed by atoms with Crippen molar-refractivity contribution in [2.45, 2.75) is 0 Å². The van der Waals surface area contributed by atoms with Crippen LogP contribution in [0, 0.1) is 40.9 Å². The maximum Gasteiger partial charge on any atom is 0.200 e. The van der Waals surface area contributed by atoms with Gasteiger partial charge in [0, 0.05) is 5.56 Å². The van der Waals surface area contributed by atoms with Gasteiger partial charge in [-0.15, -0.1) is 0 Å². The molecule has 0 bridgehead atoms. The average molecular weight is 392 g/mol. The van der Waals surface area contributed by atoms with E-state index in [9.17, 15) is 22.0 Å². The van der Waals surface area contributed by atoms with Crippen LogP contribution in [0.5, 0.6) is 0 Å². The molecule has 0 heterocycles. The van der Waals surface area contributed by atoms with Gasteiger partial charge in [-0.1, -0.05) is 60.4 Å². The second kappa shape index (κ2) is 6.18. The first-order valence-corrected chi connectivity index (χ1v) is 8.67. The Balaban J connectivity index is 1.79. The fourth-order valence-corrected chi connectivity index (χ4v) is 3.69. The van der Waals surface area contributed by atoms with Crippen molar-refractivity contribution in [2.24, 2.45) is 0 Å². The molecule has 0 unspecified atom stereocenters. The molecule has 5 aromatic rings. The zero-order chi connectivity index (χ0) is 20.3. The normalized spacial score (nSPS) is 11.3. The van der Waals surface area contributed by atoms with Crippen molar-refractivity contribution >= 4 is 32.3 Å². The Morgan fingerprint density at radius 1 is 0.483 bits per heavy atom. The van der Waals surface area contributed by atoms with Crippen molar-refractivity contribution in [1.82, 2.24) is 0 Å². The molecule has 0 aliphatic heterocycles. The number of hydrogen-bond donors (Lipinski definition) is 0. The summed E-state index contributed by atoms with van der Waals surface area (Å²) in [5.41, 5.74) is -0.716. The minimum absolute atomic E-state index is 0.430. The van der Waals surface area contributed by atoms with Crippen molar-refractivity contribution < 1.29 is 22.0 Å². The fraction of sp³-hybridized carbons (Fsp3) is 0. The Morgan fingerprint density at radius 2 is 1.00 bits per heavy atom. The molecular weight excluding hydrogens is 383 g/mol. The Labute approximate surface area is 161 Å². The molecule has 0 spiro atoms. The van der Waals surface area contributed by atoms with Crippen LogP contribution in [0.1, 0.15) is 11.1 Å². The monoisotopic (exact) mass is 392 g/mol. The molecule has 0 aromatic heterocycles. The molecule has 0 nitrogen and oxygen atoms in total. The SMILES string of the molecule is Fc1c(F)c(F)c(C#Cc2ccc3ccc4cccc5ccc2c3c45)c(F)c1F. The maximum absolute atomic E-state index is 13.9. The van der Waals surface area contributed by atoms with Crippen LogP contribution in [-0.2, 0) is 0 Å². The Hall–Kier alpha value is -3.65. The molecule has 0 fully saturated rings. The van der Waals surface area contributed by atoms with Gasteiger partial charge in [0.2, 0.25) is 5.82 Å². The van der Waals surface area contributed by atoms with E-state index in [0.29, 0.717) is 5.56 Å². The van der Waals surface area contributed by atoms with Crippen LogP contribution < -0.4 is 0 Å². The quantitative estimate of drug-likeness (QED) is 0.0907. The van der Waals surface area contributed by atoms with E-state index in [1.807, 2.05) is 48.5 Å². The van der Waals surface area contributed by atoms with E-state index >= 15 is 0 Å². The van der Waals surface area contributed by atoms with E-state index in [-0.39, 0.29) is 0 Å². The fourth-order valence-electron chi connectivity index (χ4n) is 3.69. The van der Waals surface area contributed by atoms with E-state index < -0.39 is 34.6 Å². The molecule has 0 radical (unpaired) electrons. The van der Waals surface area contributed by atoms with E-state index in [1.165, 1.54) is 0 Å². The Morgan fingerprint density at radius 3 is 1.66 bits per heavy atom. The molecule has 0 aliphatic rings. The lowest BCUT2D eigenvalue weighted by molar-refractivity contribution is 0.376. The molecular formula is C24H9F5. The summed E-state index contributed by atoms with van der Waals surface area (Å²) in [7, 11) is 0. The number of rotatable bonds is 0. The van der Waals surface area contributed by atoms with E-state index in [4.69, 9.17) is 0 Å². The molecule has 5 heteroatoms. The maximum atomic E-state index is 13.9. The van der Waals surface area contributed by atoms with Crippen LogP contribution in [0.2, 0.25) is 0 Å². The van der Waals surface area contributed by atoms with Gasteiger partial charge in [-0.2, -0.15) is 0 Å². The van der Waals surface area contributed by atoms with Gasteiger partial charge in [-0.3, -0.25) is 0 Å². The summed E-state index contributed by atoms with van der Waals surface area (Å²) in [5.74, 6) is -5.38. The Kier molecular flexibility index (Phi) is 3.72.